The molecular weight excluding hydrogens is 527 g/mol. The molecule has 0 amide bonds. The van der Waals surface area contributed by atoms with Crippen LogP contribution in [0.3, 0.4) is 0 Å². The Kier molecular flexibility index (Phi) is 6.78. The molecule has 204 valence electrons. The molecule has 0 spiro atoms. The molecule has 5 rings (SSSR count). The molecule has 39 heavy (non-hydrogen) atoms. The fraction of sp³-hybridized carbons (Fsp3) is 0.320. The van der Waals surface area contributed by atoms with E-state index < -0.39 is 34.9 Å². The van der Waals surface area contributed by atoms with Crippen molar-refractivity contribution in [3.05, 3.63) is 59.4 Å². The molecule has 3 aromatic heterocycles. The molecule has 0 bridgehead atoms. The van der Waals surface area contributed by atoms with Crippen LogP contribution >= 0.6 is 0 Å². The largest absolute Gasteiger partial charge is 0.490 e. The highest BCUT2D eigenvalue weighted by Gasteiger charge is 2.35. The number of hydrogen-bond acceptors (Lipinski definition) is 8. The van der Waals surface area contributed by atoms with E-state index in [0.29, 0.717) is 11.8 Å². The molecule has 1 aliphatic rings. The Morgan fingerprint density at radius 3 is 2.26 bits per heavy atom. The van der Waals surface area contributed by atoms with Crippen molar-refractivity contribution in [1.82, 2.24) is 29.5 Å². The fourth-order valence-corrected chi connectivity index (χ4v) is 4.04. The number of hydrogen-bond donors (Lipinski definition) is 0. The quantitative estimate of drug-likeness (QED) is 0.281. The van der Waals surface area contributed by atoms with Crippen LogP contribution in [0.15, 0.2) is 30.9 Å². The van der Waals surface area contributed by atoms with Gasteiger partial charge in [0.15, 0.2) is 17.3 Å². The minimum atomic E-state index is -4.76. The van der Waals surface area contributed by atoms with E-state index in [0.717, 1.165) is 35.2 Å². The summed E-state index contributed by atoms with van der Waals surface area (Å²) in [7, 11) is 4.06. The lowest BCUT2D eigenvalue weighted by molar-refractivity contribution is -0.140. The first-order valence-corrected chi connectivity index (χ1v) is 11.6. The molecule has 0 N–H and O–H groups in total. The van der Waals surface area contributed by atoms with Crippen molar-refractivity contribution in [2.75, 3.05) is 14.2 Å². The molecule has 1 aromatic carbocycles. The second-order valence-electron chi connectivity index (χ2n) is 8.77. The maximum absolute atomic E-state index is 14.9. The number of aromatic nitrogens is 6. The van der Waals surface area contributed by atoms with Gasteiger partial charge in [-0.15, -0.1) is 0 Å². The number of halogens is 5. The molecular formula is C25H21F5N6O3. The van der Waals surface area contributed by atoms with Crippen LogP contribution in [0.5, 0.6) is 17.5 Å². The Morgan fingerprint density at radius 1 is 0.949 bits per heavy atom. The highest BCUT2D eigenvalue weighted by Crippen LogP contribution is 2.45. The smallest absolute Gasteiger partial charge is 0.434 e. The van der Waals surface area contributed by atoms with Crippen molar-refractivity contribution in [3.8, 4) is 40.3 Å². The fourth-order valence-electron chi connectivity index (χ4n) is 4.04. The highest BCUT2D eigenvalue weighted by molar-refractivity contribution is 5.66. The van der Waals surface area contributed by atoms with E-state index >= 15 is 0 Å². The lowest BCUT2D eigenvalue weighted by Crippen LogP contribution is -2.06. The number of aryl methyl sites for hydroxylation is 1. The van der Waals surface area contributed by atoms with Gasteiger partial charge in [-0.05, 0) is 30.5 Å². The summed E-state index contributed by atoms with van der Waals surface area (Å²) in [5, 5.41) is 0. The van der Waals surface area contributed by atoms with E-state index in [1.54, 1.807) is 0 Å². The third-order valence-corrected chi connectivity index (χ3v) is 6.03. The van der Waals surface area contributed by atoms with Crippen LogP contribution in [-0.4, -0.2) is 43.7 Å². The molecule has 0 aliphatic heterocycles. The van der Waals surface area contributed by atoms with Gasteiger partial charge in [0.25, 0.3) is 5.88 Å². The van der Waals surface area contributed by atoms with Gasteiger partial charge in [0, 0.05) is 19.2 Å². The normalized spacial score (nSPS) is 13.4. The first kappa shape index (κ1) is 26.3. The minimum absolute atomic E-state index is 0.0148. The van der Waals surface area contributed by atoms with Crippen molar-refractivity contribution in [2.45, 2.75) is 31.5 Å². The van der Waals surface area contributed by atoms with E-state index in [1.165, 1.54) is 33.8 Å². The molecule has 14 heteroatoms. The molecule has 0 unspecified atom stereocenters. The van der Waals surface area contributed by atoms with E-state index in [9.17, 15) is 22.0 Å². The Labute approximate surface area is 218 Å². The van der Waals surface area contributed by atoms with Gasteiger partial charge in [-0.3, -0.25) is 0 Å². The molecule has 0 saturated heterocycles. The number of rotatable bonds is 8. The van der Waals surface area contributed by atoms with Crippen LogP contribution in [0.25, 0.3) is 22.8 Å². The second-order valence-corrected chi connectivity index (χ2v) is 8.77. The average Bonchev–Trinajstić information content (AvgIpc) is 3.67. The number of imidazole rings is 1. The Balaban J connectivity index is 1.44. The number of nitrogens with zero attached hydrogens (tertiary/aromatic N) is 6. The van der Waals surface area contributed by atoms with Gasteiger partial charge in [0.2, 0.25) is 5.88 Å². The maximum atomic E-state index is 14.9. The minimum Gasteiger partial charge on any atom is -0.490 e. The Bertz CT molecular complexity index is 1510. The predicted octanol–water partition coefficient (Wildman–Crippen LogP) is 5.10. The molecule has 9 nitrogen and oxygen atoms in total. The zero-order valence-corrected chi connectivity index (χ0v) is 20.9. The first-order chi connectivity index (χ1) is 18.6. The van der Waals surface area contributed by atoms with Gasteiger partial charge < -0.3 is 18.8 Å². The van der Waals surface area contributed by atoms with Crippen LogP contribution in [0, 0.1) is 11.6 Å². The predicted molar refractivity (Wildman–Crippen MR) is 126 cm³/mol. The monoisotopic (exact) mass is 548 g/mol. The molecule has 3 heterocycles. The molecule has 1 aliphatic carbocycles. The van der Waals surface area contributed by atoms with Crippen LogP contribution in [-0.2, 0) is 19.8 Å². The van der Waals surface area contributed by atoms with E-state index in [1.807, 2.05) is 0 Å². The summed E-state index contributed by atoms with van der Waals surface area (Å²) in [5.74, 6) is -1.84. The summed E-state index contributed by atoms with van der Waals surface area (Å²) in [4.78, 5) is 20.6. The van der Waals surface area contributed by atoms with Crippen molar-refractivity contribution in [3.63, 3.8) is 0 Å². The number of methoxy groups -OCH3 is 2. The summed E-state index contributed by atoms with van der Waals surface area (Å²) in [6, 6.07) is 1.91. The van der Waals surface area contributed by atoms with Crippen molar-refractivity contribution < 1.29 is 36.2 Å². The highest BCUT2D eigenvalue weighted by atomic mass is 19.4. The van der Waals surface area contributed by atoms with E-state index in [4.69, 9.17) is 14.2 Å². The molecule has 4 aromatic rings. The third kappa shape index (κ3) is 5.18. The van der Waals surface area contributed by atoms with Gasteiger partial charge in [-0.2, -0.15) is 18.2 Å². The summed E-state index contributed by atoms with van der Waals surface area (Å²) in [6.07, 6.45) is 0.585. The van der Waals surface area contributed by atoms with Gasteiger partial charge in [0.05, 0.1) is 31.7 Å². The molecule has 0 radical (unpaired) electrons. The van der Waals surface area contributed by atoms with Crippen molar-refractivity contribution in [2.24, 2.45) is 7.05 Å². The lowest BCUT2D eigenvalue weighted by atomic mass is 10.1. The average molecular weight is 548 g/mol. The van der Waals surface area contributed by atoms with Crippen LogP contribution in [0.1, 0.15) is 35.7 Å². The van der Waals surface area contributed by atoms with Crippen LogP contribution < -0.4 is 14.2 Å². The molecule has 0 atom stereocenters. The van der Waals surface area contributed by atoms with Crippen LogP contribution in [0.2, 0.25) is 0 Å². The standard InChI is InChI=1S/C25H21F5N6O3/c1-36-9-17(25(28,29)30)34-22(36)18-14(26)6-12(7-15(18)27)10-39-23-16(37-2)8-31-21(35-23)19-20(13-4-5-13)32-11-33-24(19)38-3/h6-9,11,13H,4-5,10H2,1-3H3. The number of ether oxygens (including phenoxy) is 3. The van der Waals surface area contributed by atoms with Crippen molar-refractivity contribution in [1.29, 1.82) is 0 Å². The lowest BCUT2D eigenvalue weighted by Gasteiger charge is -2.14. The summed E-state index contributed by atoms with van der Waals surface area (Å²) in [5.41, 5.74) is -0.656. The van der Waals surface area contributed by atoms with Crippen molar-refractivity contribution >= 4 is 0 Å². The molecule has 1 saturated carbocycles. The van der Waals surface area contributed by atoms with Gasteiger partial charge in [-0.1, -0.05) is 0 Å². The van der Waals surface area contributed by atoms with E-state index in [-0.39, 0.29) is 41.4 Å². The zero-order chi connectivity index (χ0) is 27.9. The topological polar surface area (TPSA) is 97.1 Å². The second kappa shape index (κ2) is 10.1. The zero-order valence-electron chi connectivity index (χ0n) is 20.9. The number of alkyl halides is 3. The summed E-state index contributed by atoms with van der Waals surface area (Å²) in [6.45, 7) is -0.340. The Morgan fingerprint density at radius 2 is 1.67 bits per heavy atom. The summed E-state index contributed by atoms with van der Waals surface area (Å²) >= 11 is 0. The maximum Gasteiger partial charge on any atom is 0.434 e. The van der Waals surface area contributed by atoms with E-state index in [2.05, 4.69) is 24.9 Å². The van der Waals surface area contributed by atoms with Gasteiger partial charge >= 0.3 is 6.18 Å². The van der Waals surface area contributed by atoms with Gasteiger partial charge in [0.1, 0.15) is 36.0 Å². The van der Waals surface area contributed by atoms with Crippen LogP contribution in [0.4, 0.5) is 22.0 Å². The summed E-state index contributed by atoms with van der Waals surface area (Å²) < 4.78 is 86.2. The van der Waals surface area contributed by atoms with Gasteiger partial charge in [-0.25, -0.2) is 28.7 Å². The SMILES string of the molecule is COc1cnc(-c2c(OC)ncnc2C2CC2)nc1OCc1cc(F)c(-c2nc(C(F)(F)F)cn2C)c(F)c1. The first-order valence-electron chi connectivity index (χ1n) is 11.6. The Hall–Kier alpha value is -4.36. The molecule has 1 fully saturated rings. The number of benzene rings is 1. The third-order valence-electron chi connectivity index (χ3n) is 6.03.